The molecule has 2 aromatic rings. The van der Waals surface area contributed by atoms with Crippen molar-refractivity contribution in [2.45, 2.75) is 6.92 Å². The fourth-order valence-electron chi connectivity index (χ4n) is 1.79. The molecule has 0 bridgehead atoms. The third-order valence-corrected chi connectivity index (χ3v) is 3.83. The van der Waals surface area contributed by atoms with E-state index in [0.29, 0.717) is 21.3 Å². The Hall–Kier alpha value is -1.23. The van der Waals surface area contributed by atoms with Crippen molar-refractivity contribution in [3.8, 4) is 0 Å². The molecule has 0 radical (unpaired) electrons. The highest BCUT2D eigenvalue weighted by molar-refractivity contribution is 9.10. The highest BCUT2D eigenvalue weighted by Gasteiger charge is 2.12. The SMILES string of the molecule is CCNc1ccc(C(=O)Nc2c(Cl)cc(Br)cc2Cl)cc1. The molecule has 2 rings (SSSR count). The Morgan fingerprint density at radius 3 is 2.24 bits per heavy atom. The molecule has 1 amide bonds. The molecule has 0 aliphatic heterocycles. The zero-order valence-electron chi connectivity index (χ0n) is 11.2. The number of rotatable bonds is 4. The Balaban J connectivity index is 2.18. The van der Waals surface area contributed by atoms with Crippen LogP contribution < -0.4 is 10.6 Å². The quantitative estimate of drug-likeness (QED) is 0.733. The van der Waals surface area contributed by atoms with Gasteiger partial charge in [0.1, 0.15) is 0 Å². The summed E-state index contributed by atoms with van der Waals surface area (Å²) in [5.74, 6) is -0.260. The number of carbonyl (C=O) groups is 1. The molecular formula is C15H13BrCl2N2O. The van der Waals surface area contributed by atoms with E-state index < -0.39 is 0 Å². The van der Waals surface area contributed by atoms with Crippen molar-refractivity contribution in [3.05, 3.63) is 56.5 Å². The first-order chi connectivity index (χ1) is 10.0. The van der Waals surface area contributed by atoms with Gasteiger partial charge in [0.2, 0.25) is 0 Å². The maximum absolute atomic E-state index is 12.2. The number of anilines is 2. The van der Waals surface area contributed by atoms with E-state index >= 15 is 0 Å². The fraction of sp³-hybridized carbons (Fsp3) is 0.133. The van der Waals surface area contributed by atoms with Gasteiger partial charge in [-0.25, -0.2) is 0 Å². The van der Waals surface area contributed by atoms with E-state index in [2.05, 4.69) is 26.6 Å². The predicted octanol–water partition coefficient (Wildman–Crippen LogP) is 5.44. The van der Waals surface area contributed by atoms with Crippen molar-refractivity contribution >= 4 is 56.4 Å². The van der Waals surface area contributed by atoms with Crippen LogP contribution in [0.5, 0.6) is 0 Å². The Labute approximate surface area is 141 Å². The van der Waals surface area contributed by atoms with Gasteiger partial charge in [-0.15, -0.1) is 0 Å². The molecule has 0 unspecified atom stereocenters. The molecule has 0 saturated heterocycles. The lowest BCUT2D eigenvalue weighted by Gasteiger charge is -2.10. The number of halogens is 3. The standard InChI is InChI=1S/C15H13BrCl2N2O/c1-2-19-11-5-3-9(4-6-11)15(21)20-14-12(17)7-10(16)8-13(14)18/h3-8,19H,2H2,1H3,(H,20,21). The van der Waals surface area contributed by atoms with E-state index in [1.807, 2.05) is 19.1 Å². The normalized spacial score (nSPS) is 10.3. The largest absolute Gasteiger partial charge is 0.385 e. The molecule has 0 aromatic heterocycles. The molecule has 0 saturated carbocycles. The number of hydrogen-bond donors (Lipinski definition) is 2. The third kappa shape index (κ3) is 4.13. The summed E-state index contributed by atoms with van der Waals surface area (Å²) >= 11 is 15.5. The van der Waals surface area contributed by atoms with Crippen molar-refractivity contribution < 1.29 is 4.79 Å². The van der Waals surface area contributed by atoms with E-state index in [9.17, 15) is 4.79 Å². The van der Waals surface area contributed by atoms with Gasteiger partial charge < -0.3 is 10.6 Å². The summed E-state index contributed by atoms with van der Waals surface area (Å²) in [4.78, 5) is 12.2. The van der Waals surface area contributed by atoms with Gasteiger partial charge in [0.15, 0.2) is 0 Å². The smallest absolute Gasteiger partial charge is 0.255 e. The van der Waals surface area contributed by atoms with Crippen LogP contribution >= 0.6 is 39.1 Å². The van der Waals surface area contributed by atoms with E-state index in [1.54, 1.807) is 24.3 Å². The minimum atomic E-state index is -0.260. The summed E-state index contributed by atoms with van der Waals surface area (Å²) in [6.45, 7) is 2.84. The Morgan fingerprint density at radius 2 is 1.71 bits per heavy atom. The van der Waals surface area contributed by atoms with Crippen molar-refractivity contribution in [2.75, 3.05) is 17.2 Å². The molecule has 21 heavy (non-hydrogen) atoms. The van der Waals surface area contributed by atoms with Crippen molar-refractivity contribution in [2.24, 2.45) is 0 Å². The molecule has 2 aromatic carbocycles. The number of benzene rings is 2. The average molecular weight is 388 g/mol. The zero-order valence-corrected chi connectivity index (χ0v) is 14.3. The van der Waals surface area contributed by atoms with Gasteiger partial charge >= 0.3 is 0 Å². The van der Waals surface area contributed by atoms with Crippen LogP contribution in [0.1, 0.15) is 17.3 Å². The number of nitrogens with one attached hydrogen (secondary N) is 2. The molecule has 110 valence electrons. The second-order valence-electron chi connectivity index (χ2n) is 4.31. The summed E-state index contributed by atoms with van der Waals surface area (Å²) in [5.41, 5.74) is 1.91. The highest BCUT2D eigenvalue weighted by Crippen LogP contribution is 2.34. The lowest BCUT2D eigenvalue weighted by atomic mass is 10.2. The Kier molecular flexibility index (Phi) is 5.51. The maximum atomic E-state index is 12.2. The van der Waals surface area contributed by atoms with E-state index in [0.717, 1.165) is 16.7 Å². The lowest BCUT2D eigenvalue weighted by molar-refractivity contribution is 0.102. The monoisotopic (exact) mass is 386 g/mol. The van der Waals surface area contributed by atoms with Gasteiger partial charge in [-0.2, -0.15) is 0 Å². The molecule has 6 heteroatoms. The van der Waals surface area contributed by atoms with Crippen LogP contribution in [0.25, 0.3) is 0 Å². The van der Waals surface area contributed by atoms with Crippen LogP contribution in [-0.2, 0) is 0 Å². The highest BCUT2D eigenvalue weighted by atomic mass is 79.9. The average Bonchev–Trinajstić information content (AvgIpc) is 2.43. The first-order valence-corrected chi connectivity index (χ1v) is 7.86. The second kappa shape index (κ2) is 7.16. The van der Waals surface area contributed by atoms with Gasteiger partial charge in [-0.3, -0.25) is 4.79 Å². The molecule has 0 spiro atoms. The van der Waals surface area contributed by atoms with Gasteiger partial charge in [-0.05, 0) is 43.3 Å². The van der Waals surface area contributed by atoms with Crippen LogP contribution in [0.2, 0.25) is 10.0 Å². The molecule has 0 aliphatic carbocycles. The van der Waals surface area contributed by atoms with E-state index in [4.69, 9.17) is 23.2 Å². The third-order valence-electron chi connectivity index (χ3n) is 2.77. The predicted molar refractivity (Wildman–Crippen MR) is 92.7 cm³/mol. The maximum Gasteiger partial charge on any atom is 0.255 e. The van der Waals surface area contributed by atoms with Crippen LogP contribution in [0.15, 0.2) is 40.9 Å². The van der Waals surface area contributed by atoms with Gasteiger partial charge in [0.25, 0.3) is 5.91 Å². The first kappa shape index (κ1) is 16.1. The number of amides is 1. The second-order valence-corrected chi connectivity index (χ2v) is 6.04. The van der Waals surface area contributed by atoms with Crippen LogP contribution in [0.4, 0.5) is 11.4 Å². The molecule has 0 fully saturated rings. The Bertz CT molecular complexity index is 636. The summed E-state index contributed by atoms with van der Waals surface area (Å²) in [6.07, 6.45) is 0. The zero-order chi connectivity index (χ0) is 15.4. The van der Waals surface area contributed by atoms with Crippen molar-refractivity contribution in [3.63, 3.8) is 0 Å². The van der Waals surface area contributed by atoms with Crippen LogP contribution in [0.3, 0.4) is 0 Å². The summed E-state index contributed by atoms with van der Waals surface area (Å²) < 4.78 is 0.755. The minimum Gasteiger partial charge on any atom is -0.385 e. The van der Waals surface area contributed by atoms with E-state index in [-0.39, 0.29) is 5.91 Å². The number of hydrogen-bond acceptors (Lipinski definition) is 2. The molecule has 0 aliphatic rings. The van der Waals surface area contributed by atoms with Crippen LogP contribution in [0, 0.1) is 0 Å². The first-order valence-electron chi connectivity index (χ1n) is 6.31. The van der Waals surface area contributed by atoms with Gasteiger partial charge in [-0.1, -0.05) is 39.1 Å². The lowest BCUT2D eigenvalue weighted by Crippen LogP contribution is -2.12. The van der Waals surface area contributed by atoms with Crippen molar-refractivity contribution in [1.82, 2.24) is 0 Å². The summed E-state index contributed by atoms with van der Waals surface area (Å²) in [5, 5.41) is 6.66. The van der Waals surface area contributed by atoms with Gasteiger partial charge in [0.05, 0.1) is 15.7 Å². The van der Waals surface area contributed by atoms with E-state index in [1.165, 1.54) is 0 Å². The molecule has 2 N–H and O–H groups in total. The topological polar surface area (TPSA) is 41.1 Å². The van der Waals surface area contributed by atoms with Crippen molar-refractivity contribution in [1.29, 1.82) is 0 Å². The van der Waals surface area contributed by atoms with Gasteiger partial charge in [0, 0.05) is 22.3 Å². The fourth-order valence-corrected chi connectivity index (χ4v) is 3.09. The van der Waals surface area contributed by atoms with Crippen LogP contribution in [-0.4, -0.2) is 12.5 Å². The summed E-state index contributed by atoms with van der Waals surface area (Å²) in [6, 6.07) is 10.5. The Morgan fingerprint density at radius 1 is 1.14 bits per heavy atom. The minimum absolute atomic E-state index is 0.260. The molecular weight excluding hydrogens is 375 g/mol. The number of carbonyl (C=O) groups excluding carboxylic acids is 1. The summed E-state index contributed by atoms with van der Waals surface area (Å²) in [7, 11) is 0. The molecule has 0 heterocycles. The molecule has 3 nitrogen and oxygen atoms in total. The molecule has 0 atom stereocenters.